The van der Waals surface area contributed by atoms with Crippen molar-refractivity contribution < 1.29 is 9.53 Å². The Morgan fingerprint density at radius 3 is 2.75 bits per heavy atom. The Balaban J connectivity index is 1.79. The van der Waals surface area contributed by atoms with Crippen LogP contribution in [0.4, 0.5) is 0 Å². The largest absolute Gasteiger partial charge is 0.468 e. The van der Waals surface area contributed by atoms with Crippen molar-refractivity contribution in [1.82, 2.24) is 15.1 Å². The lowest BCUT2D eigenvalue weighted by molar-refractivity contribution is -0.143. The normalized spacial score (nSPS) is 26.0. The fourth-order valence-corrected chi connectivity index (χ4v) is 3.32. The van der Waals surface area contributed by atoms with E-state index in [9.17, 15) is 4.79 Å². The zero-order chi connectivity index (χ0) is 14.4. The topological polar surface area (TPSA) is 44.8 Å². The van der Waals surface area contributed by atoms with Gasteiger partial charge in [-0.1, -0.05) is 6.92 Å². The number of likely N-dealkylation sites (tertiary alicyclic amines) is 2. The highest BCUT2D eigenvalue weighted by Gasteiger charge is 2.31. The van der Waals surface area contributed by atoms with E-state index in [1.54, 1.807) is 0 Å². The van der Waals surface area contributed by atoms with E-state index in [-0.39, 0.29) is 12.0 Å². The van der Waals surface area contributed by atoms with Crippen molar-refractivity contribution in [2.75, 3.05) is 46.4 Å². The van der Waals surface area contributed by atoms with Crippen LogP contribution in [-0.2, 0) is 9.53 Å². The van der Waals surface area contributed by atoms with Gasteiger partial charge in [0.2, 0.25) is 0 Å². The van der Waals surface area contributed by atoms with Crippen LogP contribution in [0.3, 0.4) is 0 Å². The summed E-state index contributed by atoms with van der Waals surface area (Å²) in [6.45, 7) is 8.46. The minimum atomic E-state index is -0.183. The summed E-state index contributed by atoms with van der Waals surface area (Å²) in [4.78, 5) is 16.8. The molecule has 0 bridgehead atoms. The van der Waals surface area contributed by atoms with Gasteiger partial charge >= 0.3 is 5.97 Å². The summed E-state index contributed by atoms with van der Waals surface area (Å²) in [7, 11) is 1.47. The maximum absolute atomic E-state index is 11.8. The van der Waals surface area contributed by atoms with Crippen molar-refractivity contribution in [2.24, 2.45) is 0 Å². The number of hydrogen-bond donors (Lipinski definition) is 1. The Morgan fingerprint density at radius 1 is 1.35 bits per heavy atom. The lowest BCUT2D eigenvalue weighted by atomic mass is 10.2. The first-order valence-electron chi connectivity index (χ1n) is 8.02. The van der Waals surface area contributed by atoms with E-state index in [2.05, 4.69) is 22.0 Å². The summed E-state index contributed by atoms with van der Waals surface area (Å²) in [6, 6.07) is 0.513. The summed E-state index contributed by atoms with van der Waals surface area (Å²) < 4.78 is 4.91. The Morgan fingerprint density at radius 2 is 2.10 bits per heavy atom. The van der Waals surface area contributed by atoms with Gasteiger partial charge in [0, 0.05) is 19.1 Å². The van der Waals surface area contributed by atoms with E-state index >= 15 is 0 Å². The highest BCUT2D eigenvalue weighted by atomic mass is 16.5. The highest BCUT2D eigenvalue weighted by molar-refractivity contribution is 5.75. The Hall–Kier alpha value is -0.650. The van der Waals surface area contributed by atoms with Gasteiger partial charge in [0.25, 0.3) is 0 Å². The molecule has 0 aliphatic carbocycles. The molecule has 0 aromatic carbocycles. The molecule has 2 saturated heterocycles. The molecule has 2 aliphatic rings. The summed E-state index contributed by atoms with van der Waals surface area (Å²) in [5.74, 6) is -0.136. The van der Waals surface area contributed by atoms with Crippen molar-refractivity contribution in [3.05, 3.63) is 0 Å². The van der Waals surface area contributed by atoms with E-state index in [0.29, 0.717) is 6.04 Å². The van der Waals surface area contributed by atoms with E-state index < -0.39 is 0 Å². The number of carbonyl (C=O) groups is 1. The molecule has 5 heteroatoms. The van der Waals surface area contributed by atoms with Crippen molar-refractivity contribution >= 4 is 5.97 Å². The van der Waals surface area contributed by atoms with Crippen LogP contribution in [0.2, 0.25) is 0 Å². The summed E-state index contributed by atoms with van der Waals surface area (Å²) in [6.07, 6.45) is 4.96. The van der Waals surface area contributed by atoms with Crippen LogP contribution < -0.4 is 5.32 Å². The van der Waals surface area contributed by atoms with Gasteiger partial charge in [0.05, 0.1) is 7.11 Å². The number of ether oxygens (including phenoxy) is 1. The molecule has 5 nitrogen and oxygen atoms in total. The van der Waals surface area contributed by atoms with Crippen LogP contribution in [0, 0.1) is 0 Å². The molecule has 2 unspecified atom stereocenters. The van der Waals surface area contributed by atoms with Gasteiger partial charge in [0.15, 0.2) is 0 Å². The van der Waals surface area contributed by atoms with Crippen LogP contribution in [0.1, 0.15) is 32.6 Å². The molecule has 1 N–H and O–H groups in total. The minimum absolute atomic E-state index is 0.136. The zero-order valence-electron chi connectivity index (χ0n) is 12.9. The fourth-order valence-electron chi connectivity index (χ4n) is 3.32. The standard InChI is InChI=1S/C15H29N3O2/c1-3-7-16-14(15(19)20-2)12-17-10-6-13(11-17)18-8-4-5-9-18/h13-14,16H,3-12H2,1-2H3. The lowest BCUT2D eigenvalue weighted by Gasteiger charge is -2.25. The van der Waals surface area contributed by atoms with Crippen LogP contribution in [0.5, 0.6) is 0 Å². The molecule has 2 heterocycles. The highest BCUT2D eigenvalue weighted by Crippen LogP contribution is 2.20. The minimum Gasteiger partial charge on any atom is -0.468 e. The number of methoxy groups -OCH3 is 1. The van der Waals surface area contributed by atoms with Gasteiger partial charge in [0.1, 0.15) is 6.04 Å². The summed E-state index contributed by atoms with van der Waals surface area (Å²) >= 11 is 0. The van der Waals surface area contributed by atoms with Gasteiger partial charge < -0.3 is 10.1 Å². The number of nitrogens with one attached hydrogen (secondary N) is 1. The number of hydrogen-bond acceptors (Lipinski definition) is 5. The van der Waals surface area contributed by atoms with Gasteiger partial charge in [-0.3, -0.25) is 14.6 Å². The molecular weight excluding hydrogens is 254 g/mol. The number of nitrogens with zero attached hydrogens (tertiary/aromatic N) is 2. The van der Waals surface area contributed by atoms with E-state index in [1.165, 1.54) is 39.5 Å². The zero-order valence-corrected chi connectivity index (χ0v) is 12.9. The molecule has 0 amide bonds. The second kappa shape index (κ2) is 7.96. The average Bonchev–Trinajstić information content (AvgIpc) is 3.13. The fraction of sp³-hybridized carbons (Fsp3) is 0.933. The van der Waals surface area contributed by atoms with E-state index in [0.717, 1.165) is 32.6 Å². The quantitative estimate of drug-likeness (QED) is 0.697. The predicted octanol–water partition coefficient (Wildman–Crippen LogP) is 0.698. The number of esters is 1. The van der Waals surface area contributed by atoms with Crippen LogP contribution in [0.25, 0.3) is 0 Å². The molecule has 20 heavy (non-hydrogen) atoms. The van der Waals surface area contributed by atoms with Gasteiger partial charge in [-0.15, -0.1) is 0 Å². The third kappa shape index (κ3) is 4.17. The number of carbonyl (C=O) groups excluding carboxylic acids is 1. The molecule has 2 aliphatic heterocycles. The van der Waals surface area contributed by atoms with E-state index in [4.69, 9.17) is 4.74 Å². The monoisotopic (exact) mass is 283 g/mol. The number of rotatable bonds is 7. The van der Waals surface area contributed by atoms with Crippen molar-refractivity contribution in [2.45, 2.75) is 44.7 Å². The molecule has 0 spiro atoms. The Labute approximate surface area is 122 Å². The first kappa shape index (κ1) is 15.7. The summed E-state index contributed by atoms with van der Waals surface area (Å²) in [5, 5.41) is 3.30. The second-order valence-electron chi connectivity index (χ2n) is 5.98. The first-order valence-corrected chi connectivity index (χ1v) is 8.02. The third-order valence-corrected chi connectivity index (χ3v) is 4.47. The molecule has 0 aromatic rings. The van der Waals surface area contributed by atoms with E-state index in [1.807, 2.05) is 0 Å². The van der Waals surface area contributed by atoms with Crippen LogP contribution in [0.15, 0.2) is 0 Å². The van der Waals surface area contributed by atoms with Crippen molar-refractivity contribution in [3.63, 3.8) is 0 Å². The van der Waals surface area contributed by atoms with Crippen LogP contribution >= 0.6 is 0 Å². The smallest absolute Gasteiger partial charge is 0.324 e. The summed E-state index contributed by atoms with van der Waals surface area (Å²) in [5.41, 5.74) is 0. The average molecular weight is 283 g/mol. The Kier molecular flexibility index (Phi) is 6.26. The molecule has 2 fully saturated rings. The van der Waals surface area contributed by atoms with Crippen LogP contribution in [-0.4, -0.2) is 74.2 Å². The molecule has 116 valence electrons. The Bertz CT molecular complexity index is 305. The van der Waals surface area contributed by atoms with Gasteiger partial charge in [-0.05, 0) is 51.9 Å². The molecule has 2 atom stereocenters. The molecule has 2 rings (SSSR count). The molecule has 0 radical (unpaired) electrons. The predicted molar refractivity (Wildman–Crippen MR) is 79.7 cm³/mol. The lowest BCUT2D eigenvalue weighted by Crippen LogP contribution is -2.47. The SMILES string of the molecule is CCCNC(CN1CCC(N2CCCC2)C1)C(=O)OC. The molecule has 0 aromatic heterocycles. The first-order chi connectivity index (χ1) is 9.74. The maximum Gasteiger partial charge on any atom is 0.324 e. The van der Waals surface area contributed by atoms with Crippen molar-refractivity contribution in [3.8, 4) is 0 Å². The molecule has 0 saturated carbocycles. The van der Waals surface area contributed by atoms with Gasteiger partial charge in [-0.25, -0.2) is 0 Å². The van der Waals surface area contributed by atoms with Gasteiger partial charge in [-0.2, -0.15) is 0 Å². The third-order valence-electron chi connectivity index (χ3n) is 4.47. The second-order valence-corrected chi connectivity index (χ2v) is 5.98. The molecular formula is C15H29N3O2. The maximum atomic E-state index is 11.8. The van der Waals surface area contributed by atoms with Crippen molar-refractivity contribution in [1.29, 1.82) is 0 Å².